The third-order valence-corrected chi connectivity index (χ3v) is 5.70. The summed E-state index contributed by atoms with van der Waals surface area (Å²) >= 11 is 1.71. The Balaban J connectivity index is 1.79. The number of rotatable bonds is 7. The summed E-state index contributed by atoms with van der Waals surface area (Å²) in [5.41, 5.74) is 0.497. The molecule has 0 bridgehead atoms. The summed E-state index contributed by atoms with van der Waals surface area (Å²) in [7, 11) is 3.14. The van der Waals surface area contributed by atoms with Gasteiger partial charge >= 0.3 is 0 Å². The lowest BCUT2D eigenvalue weighted by Gasteiger charge is -2.37. The van der Waals surface area contributed by atoms with Crippen LogP contribution in [-0.2, 0) is 4.74 Å². The van der Waals surface area contributed by atoms with Crippen LogP contribution < -0.4 is 14.8 Å². The Kier molecular flexibility index (Phi) is 6.71. The molecule has 2 heterocycles. The van der Waals surface area contributed by atoms with Crippen molar-refractivity contribution in [2.75, 3.05) is 40.5 Å². The van der Waals surface area contributed by atoms with Crippen LogP contribution in [0.15, 0.2) is 35.7 Å². The molecule has 1 aliphatic heterocycles. The van der Waals surface area contributed by atoms with Gasteiger partial charge in [-0.25, -0.2) is 0 Å². The van der Waals surface area contributed by atoms with Crippen molar-refractivity contribution in [3.05, 3.63) is 46.2 Å². The van der Waals surface area contributed by atoms with Gasteiger partial charge in [-0.2, -0.15) is 0 Å². The zero-order chi connectivity index (χ0) is 19.2. The van der Waals surface area contributed by atoms with Crippen LogP contribution in [0.1, 0.15) is 28.2 Å². The van der Waals surface area contributed by atoms with E-state index >= 15 is 0 Å². The minimum absolute atomic E-state index is 0.0685. The van der Waals surface area contributed by atoms with Crippen LogP contribution in [0.25, 0.3) is 0 Å². The number of hydrogen-bond donors (Lipinski definition) is 1. The Morgan fingerprint density at radius 3 is 2.63 bits per heavy atom. The van der Waals surface area contributed by atoms with Crippen molar-refractivity contribution < 1.29 is 19.0 Å². The molecule has 1 N–H and O–H groups in total. The molecule has 2 atom stereocenters. The second kappa shape index (κ2) is 9.21. The van der Waals surface area contributed by atoms with Crippen molar-refractivity contribution in [2.24, 2.45) is 0 Å². The van der Waals surface area contributed by atoms with E-state index in [0.717, 1.165) is 26.3 Å². The van der Waals surface area contributed by atoms with Gasteiger partial charge in [-0.05, 0) is 30.5 Å². The second-order valence-corrected chi connectivity index (χ2v) is 7.42. The number of hydrogen-bond acceptors (Lipinski definition) is 6. The molecule has 1 saturated heterocycles. The highest BCUT2D eigenvalue weighted by atomic mass is 32.1. The number of methoxy groups -OCH3 is 2. The predicted octanol–water partition coefficient (Wildman–Crippen LogP) is 2.96. The zero-order valence-corrected chi connectivity index (χ0v) is 16.8. The van der Waals surface area contributed by atoms with E-state index in [9.17, 15) is 4.79 Å². The van der Waals surface area contributed by atoms with Gasteiger partial charge in [0.05, 0.1) is 39.0 Å². The van der Waals surface area contributed by atoms with Gasteiger partial charge in [0.1, 0.15) is 11.5 Å². The Morgan fingerprint density at radius 2 is 2.00 bits per heavy atom. The van der Waals surface area contributed by atoms with E-state index < -0.39 is 0 Å². The van der Waals surface area contributed by atoms with Gasteiger partial charge in [0, 0.05) is 30.1 Å². The number of nitrogens with one attached hydrogen (secondary N) is 1. The maximum absolute atomic E-state index is 12.9. The van der Waals surface area contributed by atoms with Crippen LogP contribution in [0.5, 0.6) is 11.5 Å². The fourth-order valence-corrected chi connectivity index (χ4v) is 4.37. The maximum atomic E-state index is 12.9. The number of carbonyl (C=O) groups is 1. The first-order chi connectivity index (χ1) is 13.1. The monoisotopic (exact) mass is 390 g/mol. The normalized spacial score (nSPS) is 17.1. The first-order valence-corrected chi connectivity index (χ1v) is 9.90. The van der Waals surface area contributed by atoms with Gasteiger partial charge < -0.3 is 19.5 Å². The lowest BCUT2D eigenvalue weighted by Crippen LogP contribution is -2.48. The Labute approximate surface area is 164 Å². The number of morpholine rings is 1. The maximum Gasteiger partial charge on any atom is 0.255 e. The van der Waals surface area contributed by atoms with E-state index in [0.29, 0.717) is 17.1 Å². The quantitative estimate of drug-likeness (QED) is 0.788. The number of amides is 1. The highest BCUT2D eigenvalue weighted by Crippen LogP contribution is 2.30. The molecule has 7 heteroatoms. The Morgan fingerprint density at radius 1 is 1.22 bits per heavy atom. The van der Waals surface area contributed by atoms with Gasteiger partial charge in [-0.15, -0.1) is 11.3 Å². The molecule has 2 aromatic rings. The van der Waals surface area contributed by atoms with Crippen molar-refractivity contribution in [1.29, 1.82) is 0 Å². The van der Waals surface area contributed by atoms with Crippen molar-refractivity contribution in [1.82, 2.24) is 10.2 Å². The van der Waals surface area contributed by atoms with Crippen molar-refractivity contribution in [3.63, 3.8) is 0 Å². The summed E-state index contributed by atoms with van der Waals surface area (Å²) in [6.07, 6.45) is 0. The standard InChI is InChI=1S/C20H26N2O4S/c1-14(19(18-5-4-12-27-18)22-8-10-26-11-9-22)21-20(23)16-7-6-15(24-2)13-17(16)25-3/h4-7,12-14,19H,8-11H2,1-3H3,(H,21,23)/t14-,19+/m0/s1. The van der Waals surface area contributed by atoms with Crippen molar-refractivity contribution in [3.8, 4) is 11.5 Å². The minimum Gasteiger partial charge on any atom is -0.497 e. The molecular weight excluding hydrogens is 364 g/mol. The summed E-state index contributed by atoms with van der Waals surface area (Å²) in [6, 6.07) is 9.44. The fourth-order valence-electron chi connectivity index (χ4n) is 3.41. The molecule has 3 rings (SSSR count). The molecule has 1 aromatic carbocycles. The average molecular weight is 391 g/mol. The average Bonchev–Trinajstić information content (AvgIpc) is 3.22. The molecule has 0 unspecified atom stereocenters. The molecule has 27 heavy (non-hydrogen) atoms. The lowest BCUT2D eigenvalue weighted by molar-refractivity contribution is 0.00969. The van der Waals surface area contributed by atoms with Gasteiger partial charge in [-0.1, -0.05) is 6.07 Å². The lowest BCUT2D eigenvalue weighted by atomic mass is 10.0. The smallest absolute Gasteiger partial charge is 0.255 e. The largest absolute Gasteiger partial charge is 0.497 e. The SMILES string of the molecule is COc1ccc(C(=O)N[C@@H](C)[C@H](c2cccs2)N2CCOCC2)c(OC)c1. The number of ether oxygens (including phenoxy) is 3. The van der Waals surface area contributed by atoms with Crippen LogP contribution >= 0.6 is 11.3 Å². The topological polar surface area (TPSA) is 60.0 Å². The van der Waals surface area contributed by atoms with E-state index in [1.807, 2.05) is 6.92 Å². The molecule has 1 fully saturated rings. The van der Waals surface area contributed by atoms with Crippen molar-refractivity contribution in [2.45, 2.75) is 19.0 Å². The molecule has 0 aliphatic carbocycles. The van der Waals surface area contributed by atoms with Crippen LogP contribution in [0.2, 0.25) is 0 Å². The first kappa shape index (κ1) is 19.7. The van der Waals surface area contributed by atoms with Crippen LogP contribution in [-0.4, -0.2) is 57.4 Å². The summed E-state index contributed by atoms with van der Waals surface area (Å²) < 4.78 is 16.1. The number of thiophene rings is 1. The molecule has 1 amide bonds. The predicted molar refractivity (Wildman–Crippen MR) is 106 cm³/mol. The Hall–Kier alpha value is -2.09. The van der Waals surface area contributed by atoms with Gasteiger partial charge in [-0.3, -0.25) is 9.69 Å². The Bertz CT molecular complexity index is 744. The van der Waals surface area contributed by atoms with Gasteiger partial charge in [0.2, 0.25) is 0 Å². The highest BCUT2D eigenvalue weighted by Gasteiger charge is 2.30. The molecule has 146 valence electrons. The molecule has 0 radical (unpaired) electrons. The van der Waals surface area contributed by atoms with E-state index in [1.54, 1.807) is 43.8 Å². The van der Waals surface area contributed by atoms with Gasteiger partial charge in [0.25, 0.3) is 5.91 Å². The summed E-state index contributed by atoms with van der Waals surface area (Å²) in [5, 5.41) is 5.23. The summed E-state index contributed by atoms with van der Waals surface area (Å²) in [6.45, 7) is 5.20. The third-order valence-electron chi connectivity index (χ3n) is 4.76. The summed E-state index contributed by atoms with van der Waals surface area (Å²) in [5.74, 6) is 0.996. The van der Waals surface area contributed by atoms with E-state index in [4.69, 9.17) is 14.2 Å². The van der Waals surface area contributed by atoms with Crippen molar-refractivity contribution >= 4 is 17.2 Å². The van der Waals surface area contributed by atoms with E-state index in [-0.39, 0.29) is 18.0 Å². The van der Waals surface area contributed by atoms with Crippen LogP contribution in [0.3, 0.4) is 0 Å². The molecule has 6 nitrogen and oxygen atoms in total. The summed E-state index contributed by atoms with van der Waals surface area (Å²) in [4.78, 5) is 16.5. The highest BCUT2D eigenvalue weighted by molar-refractivity contribution is 7.10. The molecular formula is C20H26N2O4S. The van der Waals surface area contributed by atoms with E-state index in [2.05, 4.69) is 27.7 Å². The number of benzene rings is 1. The zero-order valence-electron chi connectivity index (χ0n) is 15.9. The minimum atomic E-state index is -0.156. The van der Waals surface area contributed by atoms with E-state index in [1.165, 1.54) is 4.88 Å². The third kappa shape index (κ3) is 4.61. The van der Waals surface area contributed by atoms with Gasteiger partial charge in [0.15, 0.2) is 0 Å². The second-order valence-electron chi connectivity index (χ2n) is 6.44. The molecule has 1 aliphatic rings. The molecule has 0 saturated carbocycles. The van der Waals surface area contributed by atoms with Crippen LogP contribution in [0.4, 0.5) is 0 Å². The molecule has 1 aromatic heterocycles. The first-order valence-electron chi connectivity index (χ1n) is 9.02. The molecule has 0 spiro atoms. The fraction of sp³-hybridized carbons (Fsp3) is 0.450. The van der Waals surface area contributed by atoms with Crippen LogP contribution in [0, 0.1) is 0 Å². The number of carbonyl (C=O) groups excluding carboxylic acids is 1. The number of nitrogens with zero attached hydrogens (tertiary/aromatic N) is 1.